The molecule has 0 amide bonds. The van der Waals surface area contributed by atoms with Crippen LogP contribution < -0.4 is 16.9 Å². The average molecular weight is 1150 g/mol. The molecule has 4 aliphatic rings. The number of esters is 2. The minimum Gasteiger partial charge on any atom is -0.458 e. The SMILES string of the molecule is C.CC[C@@]1(O)C(=O)OCc2c1cc1n(c2=O)CCC1=O.CC[C@@]1(O)C(=O)OCc2c1cc1n(c2=O)Cc2c-1nc1cc(F)c(C)cc1c2CCCc1ccccc1.Cc1cc(C(=O)CCCc2ccccc2)c(N)cc1F.[3H][P+](P)=S. The highest BCUT2D eigenvalue weighted by atomic mass is 32.6. The predicted molar refractivity (Wildman–Crippen MR) is 313 cm³/mol. The van der Waals surface area contributed by atoms with Crippen LogP contribution in [-0.4, -0.2) is 49.1 Å². The van der Waals surface area contributed by atoms with E-state index in [1.165, 1.54) is 40.0 Å². The molecular weight excluding hydrogens is 1080 g/mol. The summed E-state index contributed by atoms with van der Waals surface area (Å²) in [6.07, 6.45) is 5.00. The summed E-state index contributed by atoms with van der Waals surface area (Å²) in [5, 5.41) is 22.4. The van der Waals surface area contributed by atoms with Gasteiger partial charge in [-0.15, -0.1) is 0 Å². The topological polar surface area (TPSA) is 210 Å². The van der Waals surface area contributed by atoms with E-state index >= 15 is 0 Å². The van der Waals surface area contributed by atoms with Crippen molar-refractivity contribution in [1.82, 2.24) is 14.1 Å². The second kappa shape index (κ2) is 25.6. The number of ether oxygens (including phenoxy) is 2. The second-order valence-corrected chi connectivity index (χ2v) is 22.6. The third-order valence-corrected chi connectivity index (χ3v) is 15.1. The van der Waals surface area contributed by atoms with Crippen LogP contribution in [0.25, 0.3) is 22.3 Å². The summed E-state index contributed by atoms with van der Waals surface area (Å²) >= 11 is 4.31. The van der Waals surface area contributed by atoms with Gasteiger partial charge in [0.15, 0.2) is 41.6 Å². The molecule has 0 fully saturated rings. The van der Waals surface area contributed by atoms with E-state index in [2.05, 4.69) is 32.9 Å². The Kier molecular flexibility index (Phi) is 18.9. The molecule has 4 atom stereocenters. The van der Waals surface area contributed by atoms with Gasteiger partial charge in [0, 0.05) is 58.8 Å². The molecule has 2 unspecified atom stereocenters. The predicted octanol–water partition coefficient (Wildman–Crippen LogP) is 10.3. The number of nitrogens with zero attached hydrogens (tertiary/aromatic N) is 3. The fourth-order valence-electron chi connectivity index (χ4n) is 10.6. The summed E-state index contributed by atoms with van der Waals surface area (Å²) in [6, 6.07) is 29.5. The van der Waals surface area contributed by atoms with Gasteiger partial charge in [-0.2, -0.15) is 0 Å². The average Bonchev–Trinajstić information content (AvgIpc) is 3.08. The van der Waals surface area contributed by atoms with Crippen LogP contribution in [-0.2, 0) is 87.6 Å². The number of halogens is 2. The van der Waals surface area contributed by atoms with Gasteiger partial charge in [0.1, 0.15) is 24.8 Å². The number of aliphatic hydroxyl groups is 2. The van der Waals surface area contributed by atoms with Crippen LogP contribution in [0, 0.1) is 25.5 Å². The second-order valence-electron chi connectivity index (χ2n) is 19.9. The molecule has 80 heavy (non-hydrogen) atoms. The minimum absolute atomic E-state index is 0. The van der Waals surface area contributed by atoms with Crippen LogP contribution in [0.3, 0.4) is 0 Å². The zero-order valence-corrected chi connectivity index (χ0v) is 47.1. The number of anilines is 1. The Morgan fingerprint density at radius 2 is 1.27 bits per heavy atom. The number of cyclic esters (lactones) is 2. The normalized spacial score (nSPS) is 17.4. The number of nitrogens with two attached hydrogens (primary N) is 1. The zero-order valence-electron chi connectivity index (χ0n) is 45.2. The minimum atomic E-state index is -1.89. The molecular formula is C61H65F2N4O10P2S+. The molecule has 0 saturated carbocycles. The van der Waals surface area contributed by atoms with Crippen molar-refractivity contribution in [3.8, 4) is 11.4 Å². The molecule has 7 aromatic rings. The molecule has 0 saturated heterocycles. The number of ketones is 2. The van der Waals surface area contributed by atoms with Gasteiger partial charge < -0.3 is 34.6 Å². The standard InChI is InChI=1S/C30H27FN2O4.C17H18FNO.C13H13NO5.CH4.H2P2S/c1-3-30(36)23-13-26-27-21(15-33(26)28(34)22(23)16-37-29(30)35)19(11-7-10-18-8-5-4-6-9-18)20-12-17(2)24(31)14-25(20)32-27;1-12-10-14(16(19)11-15(12)18)17(20)9-5-8-13-6-3-2-4-7-13;1-2-13(18)8-5-9-10(15)3-4-14(9)11(16)7(8)6-19-12(13)17;;1-2-3/h4-6,8-9,12-14,36H,3,7,10-11,15-16H2,1-2H3;2-4,6-7,10-11H,5,8-9,19H2,1H3;5,18H,2-4,6H2,1H3;1H4;1H2/p+1/t30-;;13-;;/m0.0../s1/i/hT. The molecule has 3 aromatic heterocycles. The van der Waals surface area contributed by atoms with Crippen molar-refractivity contribution in [3.05, 3.63) is 196 Å². The van der Waals surface area contributed by atoms with E-state index in [0.29, 0.717) is 53.1 Å². The quantitative estimate of drug-likeness (QED) is 0.0477. The Hall–Kier alpha value is -7.00. The van der Waals surface area contributed by atoms with Crippen molar-refractivity contribution in [2.24, 2.45) is 0 Å². The number of rotatable bonds is 11. The smallest absolute Gasteiger partial charge is 0.355 e. The van der Waals surface area contributed by atoms with Crippen molar-refractivity contribution in [1.29, 1.82) is 1.28 Å². The number of nitrogen functional groups attached to an aromatic ring is 1. The lowest BCUT2D eigenvalue weighted by molar-refractivity contribution is -0.172. The van der Waals surface area contributed by atoms with Gasteiger partial charge in [-0.3, -0.25) is 19.2 Å². The molecule has 0 bridgehead atoms. The molecule has 0 radical (unpaired) electrons. The Labute approximate surface area is 472 Å². The number of hydrogen-bond donors (Lipinski definition) is 3. The van der Waals surface area contributed by atoms with Crippen molar-refractivity contribution in [2.45, 2.75) is 130 Å². The van der Waals surface area contributed by atoms with Gasteiger partial charge in [0.25, 0.3) is 11.1 Å². The van der Waals surface area contributed by atoms with Crippen LogP contribution in [0.1, 0.15) is 136 Å². The number of fused-ring (bicyclic) bond motifs is 7. The first-order valence-corrected chi connectivity index (χ1v) is 29.5. The van der Waals surface area contributed by atoms with E-state index in [1.54, 1.807) is 38.3 Å². The highest BCUT2D eigenvalue weighted by Gasteiger charge is 2.47. The van der Waals surface area contributed by atoms with Gasteiger partial charge in [0.05, 0.1) is 49.2 Å². The molecule has 4 N–H and O–H groups in total. The summed E-state index contributed by atoms with van der Waals surface area (Å²) in [4.78, 5) is 78.7. The van der Waals surface area contributed by atoms with Gasteiger partial charge in [-0.25, -0.2) is 23.4 Å². The fourth-order valence-corrected chi connectivity index (χ4v) is 10.6. The molecule has 418 valence electrons. The Bertz CT molecular complexity index is 3750. The fraction of sp³-hybridized carbons (Fsp3) is 0.328. The van der Waals surface area contributed by atoms with E-state index in [9.17, 15) is 47.8 Å². The maximum absolute atomic E-state index is 14.6. The molecule has 14 nitrogen and oxygen atoms in total. The number of carbonyl (C=O) groups excluding carboxylic acids is 4. The number of benzene rings is 4. The Balaban J connectivity index is 0.000000182. The lowest BCUT2D eigenvalue weighted by Crippen LogP contribution is -2.44. The third kappa shape index (κ3) is 12.0. The van der Waals surface area contributed by atoms with Crippen molar-refractivity contribution < 1.29 is 47.6 Å². The first-order valence-electron chi connectivity index (χ1n) is 26.4. The van der Waals surface area contributed by atoms with Gasteiger partial charge >= 0.3 is 13.2 Å². The number of pyridine rings is 3. The summed E-state index contributed by atoms with van der Waals surface area (Å²) in [5.74, 6) is -2.39. The Morgan fingerprint density at radius 1 is 0.762 bits per heavy atom. The summed E-state index contributed by atoms with van der Waals surface area (Å²) in [7, 11) is 2.20. The van der Waals surface area contributed by atoms with Crippen LogP contribution in [0.15, 0.2) is 107 Å². The molecule has 7 heterocycles. The molecule has 11 rings (SSSR count). The van der Waals surface area contributed by atoms with E-state index in [0.717, 1.165) is 48.6 Å². The first-order chi connectivity index (χ1) is 38.1. The van der Waals surface area contributed by atoms with Crippen molar-refractivity contribution >= 4 is 67.8 Å². The highest BCUT2D eigenvalue weighted by Crippen LogP contribution is 2.41. The van der Waals surface area contributed by atoms with Crippen LogP contribution in [0.4, 0.5) is 14.5 Å². The monoisotopic (exact) mass is 1150 g/mol. The van der Waals surface area contributed by atoms with Crippen LogP contribution in [0.2, 0.25) is 0 Å². The van der Waals surface area contributed by atoms with E-state index in [-0.39, 0.29) is 108 Å². The van der Waals surface area contributed by atoms with Crippen molar-refractivity contribution in [2.75, 3.05) is 5.73 Å². The molecule has 0 spiro atoms. The largest absolute Gasteiger partial charge is 0.458 e. The molecule has 4 aliphatic heterocycles. The van der Waals surface area contributed by atoms with Crippen LogP contribution >= 0.6 is 15.9 Å². The van der Waals surface area contributed by atoms with Gasteiger partial charge in [-0.05, 0) is 117 Å². The number of carbonyl (C=O) groups is 4. The molecule has 0 aliphatic carbocycles. The van der Waals surface area contributed by atoms with E-state index < -0.39 is 30.1 Å². The lowest BCUT2D eigenvalue weighted by Gasteiger charge is -2.31. The van der Waals surface area contributed by atoms with Crippen molar-refractivity contribution in [3.63, 3.8) is 0 Å². The summed E-state index contributed by atoms with van der Waals surface area (Å²) in [5.41, 5.74) is 10.4. The highest BCUT2D eigenvalue weighted by molar-refractivity contribution is 8.24. The van der Waals surface area contributed by atoms with Crippen LogP contribution in [0.5, 0.6) is 0 Å². The summed E-state index contributed by atoms with van der Waals surface area (Å²) in [6.45, 7) is 6.17. The zero-order chi connectivity index (χ0) is 57.8. The Morgan fingerprint density at radius 3 is 1.84 bits per heavy atom. The summed E-state index contributed by atoms with van der Waals surface area (Å²) < 4.78 is 47.4. The maximum atomic E-state index is 14.6. The van der Waals surface area contributed by atoms with E-state index in [4.69, 9.17) is 21.5 Å². The lowest BCUT2D eigenvalue weighted by atomic mass is 9.86. The first kappa shape index (κ1) is 59.1. The van der Waals surface area contributed by atoms with E-state index in [1.807, 2.05) is 54.6 Å². The number of Topliss-reactive ketones (excluding diaryl/α,β-unsaturated/α-hetero) is 2. The number of hydrogen-bond acceptors (Lipinski definition) is 13. The third-order valence-electron chi connectivity index (χ3n) is 15.1. The number of aryl methyl sites for hydroxylation is 5. The molecule has 19 heteroatoms. The number of aromatic nitrogens is 3. The van der Waals surface area contributed by atoms with Gasteiger partial charge in [-0.1, -0.05) is 81.9 Å². The maximum Gasteiger partial charge on any atom is 0.355 e. The molecule has 4 aromatic carbocycles. The van der Waals surface area contributed by atoms with Gasteiger partial charge in [0.2, 0.25) is 0 Å².